The third kappa shape index (κ3) is 2.72. The summed E-state index contributed by atoms with van der Waals surface area (Å²) in [5, 5.41) is 14.1. The van der Waals surface area contributed by atoms with Crippen molar-refractivity contribution >= 4 is 28.2 Å². The number of anilines is 1. The summed E-state index contributed by atoms with van der Waals surface area (Å²) in [6, 6.07) is 8.29. The second kappa shape index (κ2) is 5.94. The van der Waals surface area contributed by atoms with Gasteiger partial charge >= 0.3 is 0 Å². The molecule has 20 heavy (non-hydrogen) atoms. The number of benzene rings is 1. The standard InChI is InChI=1S/C15H18ClN3O/c1-10(11-6-8-20-9-7-11)17-15-13-5-3-2-4-12(13)14(16)18-19-15/h2-5,10-11H,6-9H2,1H3,(H,17,19). The smallest absolute Gasteiger partial charge is 0.159 e. The Labute approximate surface area is 123 Å². The summed E-state index contributed by atoms with van der Waals surface area (Å²) in [6.07, 6.45) is 2.18. The Kier molecular flexibility index (Phi) is 4.03. The number of fused-ring (bicyclic) bond motifs is 1. The molecule has 1 atom stereocenters. The van der Waals surface area contributed by atoms with Crippen molar-refractivity contribution < 1.29 is 4.74 Å². The Bertz CT molecular complexity index is 599. The van der Waals surface area contributed by atoms with E-state index >= 15 is 0 Å². The van der Waals surface area contributed by atoms with Gasteiger partial charge in [-0.15, -0.1) is 10.2 Å². The Morgan fingerprint density at radius 1 is 1.20 bits per heavy atom. The second-order valence-corrected chi connectivity index (χ2v) is 5.63. The van der Waals surface area contributed by atoms with Crippen LogP contribution in [-0.2, 0) is 4.74 Å². The average Bonchev–Trinajstić information content (AvgIpc) is 2.51. The van der Waals surface area contributed by atoms with Crippen molar-refractivity contribution in [2.75, 3.05) is 18.5 Å². The van der Waals surface area contributed by atoms with E-state index in [0.29, 0.717) is 17.1 Å². The largest absolute Gasteiger partial charge is 0.381 e. The van der Waals surface area contributed by atoms with Crippen LogP contribution in [0.5, 0.6) is 0 Å². The van der Waals surface area contributed by atoms with Crippen molar-refractivity contribution in [3.8, 4) is 0 Å². The Hall–Kier alpha value is -1.39. The Balaban J connectivity index is 1.85. The van der Waals surface area contributed by atoms with E-state index in [9.17, 15) is 0 Å². The highest BCUT2D eigenvalue weighted by atomic mass is 35.5. The first-order chi connectivity index (χ1) is 9.75. The van der Waals surface area contributed by atoms with Crippen LogP contribution in [-0.4, -0.2) is 29.5 Å². The summed E-state index contributed by atoms with van der Waals surface area (Å²) in [5.41, 5.74) is 0. The van der Waals surface area contributed by atoms with Crippen LogP contribution < -0.4 is 5.32 Å². The molecule has 0 bridgehead atoms. The van der Waals surface area contributed by atoms with Crippen LogP contribution >= 0.6 is 11.6 Å². The molecule has 1 unspecified atom stereocenters. The van der Waals surface area contributed by atoms with Crippen molar-refractivity contribution in [1.29, 1.82) is 0 Å². The Morgan fingerprint density at radius 2 is 1.90 bits per heavy atom. The van der Waals surface area contributed by atoms with Crippen LogP contribution in [0.15, 0.2) is 24.3 Å². The van der Waals surface area contributed by atoms with Gasteiger partial charge in [-0.2, -0.15) is 0 Å². The van der Waals surface area contributed by atoms with E-state index in [1.54, 1.807) is 0 Å². The highest BCUT2D eigenvalue weighted by molar-refractivity contribution is 6.34. The molecule has 3 rings (SSSR count). The molecule has 0 radical (unpaired) electrons. The van der Waals surface area contributed by atoms with Crippen LogP contribution in [0, 0.1) is 5.92 Å². The molecule has 106 valence electrons. The lowest BCUT2D eigenvalue weighted by atomic mass is 9.93. The topological polar surface area (TPSA) is 47.0 Å². The molecule has 0 aliphatic carbocycles. The molecular weight excluding hydrogens is 274 g/mol. The molecule has 0 spiro atoms. The fourth-order valence-electron chi connectivity index (χ4n) is 2.73. The highest BCUT2D eigenvalue weighted by Crippen LogP contribution is 2.28. The lowest BCUT2D eigenvalue weighted by Crippen LogP contribution is -2.31. The summed E-state index contributed by atoms with van der Waals surface area (Å²) in [5.74, 6) is 1.42. The summed E-state index contributed by atoms with van der Waals surface area (Å²) >= 11 is 6.10. The van der Waals surface area contributed by atoms with Crippen molar-refractivity contribution in [2.45, 2.75) is 25.8 Å². The molecule has 1 fully saturated rings. The van der Waals surface area contributed by atoms with Gasteiger partial charge in [0.05, 0.1) is 0 Å². The van der Waals surface area contributed by atoms with Crippen LogP contribution in [0.2, 0.25) is 5.15 Å². The zero-order chi connectivity index (χ0) is 13.9. The predicted molar refractivity (Wildman–Crippen MR) is 81.2 cm³/mol. The summed E-state index contributed by atoms with van der Waals surface area (Å²) in [6.45, 7) is 3.90. The monoisotopic (exact) mass is 291 g/mol. The average molecular weight is 292 g/mol. The summed E-state index contributed by atoms with van der Waals surface area (Å²) in [7, 11) is 0. The van der Waals surface area contributed by atoms with Crippen LogP contribution in [0.25, 0.3) is 10.8 Å². The van der Waals surface area contributed by atoms with E-state index in [4.69, 9.17) is 16.3 Å². The number of aromatic nitrogens is 2. The second-order valence-electron chi connectivity index (χ2n) is 5.27. The SMILES string of the molecule is CC(Nc1nnc(Cl)c2ccccc12)C1CCOCC1. The number of hydrogen-bond acceptors (Lipinski definition) is 4. The number of rotatable bonds is 3. The number of halogens is 1. The summed E-state index contributed by atoms with van der Waals surface area (Å²) < 4.78 is 5.41. The molecule has 1 aliphatic rings. The van der Waals surface area contributed by atoms with Crippen molar-refractivity contribution in [3.63, 3.8) is 0 Å². The van der Waals surface area contributed by atoms with Crippen molar-refractivity contribution in [1.82, 2.24) is 10.2 Å². The molecule has 1 aliphatic heterocycles. The lowest BCUT2D eigenvalue weighted by Gasteiger charge is -2.28. The van der Waals surface area contributed by atoms with Gasteiger partial charge in [0.25, 0.3) is 0 Å². The third-order valence-corrected chi connectivity index (χ3v) is 4.26. The van der Waals surface area contributed by atoms with Crippen molar-refractivity contribution in [3.05, 3.63) is 29.4 Å². The lowest BCUT2D eigenvalue weighted by molar-refractivity contribution is 0.0622. The van der Waals surface area contributed by atoms with Gasteiger partial charge in [-0.25, -0.2) is 0 Å². The molecule has 1 saturated heterocycles. The quantitative estimate of drug-likeness (QED) is 0.940. The minimum Gasteiger partial charge on any atom is -0.381 e. The Morgan fingerprint density at radius 3 is 2.65 bits per heavy atom. The zero-order valence-electron chi connectivity index (χ0n) is 11.5. The number of nitrogens with zero attached hydrogens (tertiary/aromatic N) is 2. The maximum atomic E-state index is 6.10. The molecule has 0 saturated carbocycles. The maximum Gasteiger partial charge on any atom is 0.159 e. The molecule has 5 heteroatoms. The van der Waals surface area contributed by atoms with Gasteiger partial charge in [-0.05, 0) is 25.7 Å². The summed E-state index contributed by atoms with van der Waals surface area (Å²) in [4.78, 5) is 0. The molecule has 4 nitrogen and oxygen atoms in total. The number of ether oxygens (including phenoxy) is 1. The highest BCUT2D eigenvalue weighted by Gasteiger charge is 2.21. The first kappa shape index (κ1) is 13.6. The molecule has 1 N–H and O–H groups in total. The van der Waals surface area contributed by atoms with Crippen LogP contribution in [0.1, 0.15) is 19.8 Å². The molecule has 0 amide bonds. The minimum atomic E-state index is 0.345. The first-order valence-corrected chi connectivity index (χ1v) is 7.38. The van der Waals surface area contributed by atoms with Crippen LogP contribution in [0.3, 0.4) is 0 Å². The van der Waals surface area contributed by atoms with Gasteiger partial charge < -0.3 is 10.1 Å². The van der Waals surface area contributed by atoms with E-state index in [1.807, 2.05) is 24.3 Å². The first-order valence-electron chi connectivity index (χ1n) is 7.01. The number of nitrogens with one attached hydrogen (secondary N) is 1. The van der Waals surface area contributed by atoms with E-state index in [-0.39, 0.29) is 0 Å². The van der Waals surface area contributed by atoms with Gasteiger partial charge in [0, 0.05) is 30.0 Å². The fraction of sp³-hybridized carbons (Fsp3) is 0.467. The van der Waals surface area contributed by atoms with Gasteiger partial charge in [0.2, 0.25) is 0 Å². The molecule has 1 aromatic carbocycles. The van der Waals surface area contributed by atoms with E-state index in [0.717, 1.165) is 42.6 Å². The maximum absolute atomic E-state index is 6.10. The third-order valence-electron chi connectivity index (χ3n) is 3.98. The molecule has 1 aromatic heterocycles. The van der Waals surface area contributed by atoms with Gasteiger partial charge in [-0.1, -0.05) is 35.9 Å². The van der Waals surface area contributed by atoms with E-state index < -0.39 is 0 Å². The van der Waals surface area contributed by atoms with E-state index in [1.165, 1.54) is 0 Å². The van der Waals surface area contributed by atoms with Gasteiger partial charge in [-0.3, -0.25) is 0 Å². The normalized spacial score (nSPS) is 18.1. The zero-order valence-corrected chi connectivity index (χ0v) is 12.2. The number of hydrogen-bond donors (Lipinski definition) is 1. The van der Waals surface area contributed by atoms with Gasteiger partial charge in [0.15, 0.2) is 11.0 Å². The van der Waals surface area contributed by atoms with Gasteiger partial charge in [0.1, 0.15) is 0 Å². The predicted octanol–water partition coefficient (Wildman–Crippen LogP) is 3.51. The van der Waals surface area contributed by atoms with E-state index in [2.05, 4.69) is 22.4 Å². The minimum absolute atomic E-state index is 0.345. The molecule has 2 heterocycles. The molecule has 2 aromatic rings. The fourth-order valence-corrected chi connectivity index (χ4v) is 2.93. The van der Waals surface area contributed by atoms with Crippen LogP contribution in [0.4, 0.5) is 5.82 Å². The molecular formula is C15H18ClN3O. The van der Waals surface area contributed by atoms with Crippen molar-refractivity contribution in [2.24, 2.45) is 5.92 Å².